The summed E-state index contributed by atoms with van der Waals surface area (Å²) >= 11 is 0. The van der Waals surface area contributed by atoms with E-state index < -0.39 is 10.5 Å². The number of hydrogen-bond acceptors (Lipinski definition) is 5. The van der Waals surface area contributed by atoms with Gasteiger partial charge >= 0.3 is 0 Å². The first kappa shape index (κ1) is 18.9. The van der Waals surface area contributed by atoms with E-state index in [2.05, 4.69) is 10.4 Å². The molecule has 1 atom stereocenters. The average molecular weight is 366 g/mol. The van der Waals surface area contributed by atoms with Crippen LogP contribution >= 0.6 is 12.4 Å². The summed E-state index contributed by atoms with van der Waals surface area (Å²) < 4.78 is 1.34. The topological polar surface area (TPSA) is 116 Å². The molecule has 3 rings (SSSR count). The van der Waals surface area contributed by atoms with Crippen LogP contribution in [-0.4, -0.2) is 32.7 Å². The average Bonchev–Trinajstić information content (AvgIpc) is 3.32. The summed E-state index contributed by atoms with van der Waals surface area (Å²) in [4.78, 5) is 23.1. The van der Waals surface area contributed by atoms with E-state index in [9.17, 15) is 14.9 Å². The van der Waals surface area contributed by atoms with Crippen LogP contribution in [0.2, 0.25) is 0 Å². The molecule has 3 N–H and O–H groups in total. The molecule has 0 radical (unpaired) electrons. The molecule has 0 spiro atoms. The molecule has 1 heterocycles. The van der Waals surface area contributed by atoms with Gasteiger partial charge in [0.2, 0.25) is 0 Å². The number of rotatable bonds is 6. The van der Waals surface area contributed by atoms with Gasteiger partial charge in [0.25, 0.3) is 11.6 Å². The van der Waals surface area contributed by atoms with Crippen molar-refractivity contribution < 1.29 is 9.72 Å². The molecule has 1 aliphatic carbocycles. The zero-order valence-corrected chi connectivity index (χ0v) is 14.5. The molecule has 8 nitrogen and oxygen atoms in total. The SMILES string of the molecule is CC(CN)(NC(=O)c1ccn(-c2ccccc2[N+](=O)[O-])n1)C1CC1.Cl. The van der Waals surface area contributed by atoms with E-state index in [1.54, 1.807) is 18.2 Å². The third kappa shape index (κ3) is 3.80. The molecule has 1 unspecified atom stereocenters. The third-order valence-electron chi connectivity index (χ3n) is 4.45. The minimum Gasteiger partial charge on any atom is -0.344 e. The minimum atomic E-state index is -0.477. The largest absolute Gasteiger partial charge is 0.344 e. The first-order valence-electron chi connectivity index (χ1n) is 7.76. The van der Waals surface area contributed by atoms with Crippen molar-refractivity contribution in [2.45, 2.75) is 25.3 Å². The predicted octanol–water partition coefficient (Wildman–Crippen LogP) is 2.06. The summed E-state index contributed by atoms with van der Waals surface area (Å²) in [5, 5.41) is 18.2. The highest BCUT2D eigenvalue weighted by Crippen LogP contribution is 2.39. The predicted molar refractivity (Wildman–Crippen MR) is 95.1 cm³/mol. The molecule has 134 valence electrons. The van der Waals surface area contributed by atoms with E-state index in [1.807, 2.05) is 6.92 Å². The van der Waals surface area contributed by atoms with Crippen molar-refractivity contribution in [3.05, 3.63) is 52.3 Å². The first-order chi connectivity index (χ1) is 11.4. The van der Waals surface area contributed by atoms with Crippen LogP contribution in [0.4, 0.5) is 5.69 Å². The number of halogens is 1. The van der Waals surface area contributed by atoms with E-state index in [0.29, 0.717) is 18.2 Å². The van der Waals surface area contributed by atoms with Crippen molar-refractivity contribution in [1.29, 1.82) is 0 Å². The maximum absolute atomic E-state index is 12.4. The smallest absolute Gasteiger partial charge is 0.294 e. The van der Waals surface area contributed by atoms with Crippen molar-refractivity contribution in [2.75, 3.05) is 6.54 Å². The molecule has 0 saturated heterocycles. The number of hydrogen-bond donors (Lipinski definition) is 2. The van der Waals surface area contributed by atoms with Crippen LogP contribution in [0.1, 0.15) is 30.3 Å². The van der Waals surface area contributed by atoms with Gasteiger partial charge in [-0.25, -0.2) is 4.68 Å². The molecule has 1 aromatic heterocycles. The zero-order chi connectivity index (χ0) is 17.3. The fraction of sp³-hybridized carbons (Fsp3) is 0.375. The molecule has 2 aromatic rings. The van der Waals surface area contributed by atoms with Gasteiger partial charge in [-0.1, -0.05) is 12.1 Å². The van der Waals surface area contributed by atoms with Crippen molar-refractivity contribution in [1.82, 2.24) is 15.1 Å². The maximum atomic E-state index is 12.4. The van der Waals surface area contributed by atoms with Crippen molar-refractivity contribution in [3.8, 4) is 5.69 Å². The van der Waals surface area contributed by atoms with Gasteiger partial charge in [0.05, 0.1) is 10.5 Å². The number of nitro benzene ring substituents is 1. The van der Waals surface area contributed by atoms with Crippen molar-refractivity contribution in [2.24, 2.45) is 11.7 Å². The summed E-state index contributed by atoms with van der Waals surface area (Å²) in [7, 11) is 0. The Kier molecular flexibility index (Phi) is 5.44. The highest BCUT2D eigenvalue weighted by Gasteiger charge is 2.41. The number of para-hydroxylation sites is 2. The highest BCUT2D eigenvalue weighted by atomic mass is 35.5. The molecular formula is C16H20ClN5O3. The van der Waals surface area contributed by atoms with Gasteiger partial charge in [0.15, 0.2) is 5.69 Å². The number of aromatic nitrogens is 2. The van der Waals surface area contributed by atoms with E-state index in [1.165, 1.54) is 23.0 Å². The van der Waals surface area contributed by atoms with Crippen LogP contribution in [0.15, 0.2) is 36.5 Å². The standard InChI is InChI=1S/C16H19N5O3.ClH/c1-16(10-17,11-6-7-11)18-15(22)12-8-9-20(19-12)13-4-2-3-5-14(13)21(23)24;/h2-5,8-9,11H,6-7,10,17H2,1H3,(H,18,22);1H. The summed E-state index contributed by atoms with van der Waals surface area (Å²) in [5.41, 5.74) is 5.80. The third-order valence-corrected chi connectivity index (χ3v) is 4.45. The fourth-order valence-corrected chi connectivity index (χ4v) is 2.76. The lowest BCUT2D eigenvalue weighted by atomic mass is 9.96. The van der Waals surface area contributed by atoms with Crippen molar-refractivity contribution in [3.63, 3.8) is 0 Å². The maximum Gasteiger partial charge on any atom is 0.294 e. The number of nitro groups is 1. The number of nitrogens with two attached hydrogens (primary N) is 1. The van der Waals surface area contributed by atoms with Gasteiger partial charge in [-0.05, 0) is 37.8 Å². The van der Waals surface area contributed by atoms with Crippen LogP contribution in [0.25, 0.3) is 5.69 Å². The lowest BCUT2D eigenvalue weighted by Gasteiger charge is -2.29. The molecule has 1 aromatic carbocycles. The number of nitrogens with one attached hydrogen (secondary N) is 1. The molecular weight excluding hydrogens is 346 g/mol. The Hall–Kier alpha value is -2.45. The number of carbonyl (C=O) groups is 1. The second kappa shape index (κ2) is 7.20. The van der Waals surface area contributed by atoms with Gasteiger partial charge in [0.1, 0.15) is 5.69 Å². The lowest BCUT2D eigenvalue weighted by Crippen LogP contribution is -2.53. The van der Waals surface area contributed by atoms with Gasteiger partial charge in [-0.3, -0.25) is 14.9 Å². The monoisotopic (exact) mass is 365 g/mol. The molecule has 1 amide bonds. The molecule has 1 saturated carbocycles. The zero-order valence-electron chi connectivity index (χ0n) is 13.7. The molecule has 0 aliphatic heterocycles. The summed E-state index contributed by atoms with van der Waals surface area (Å²) in [5.74, 6) is 0.0657. The van der Waals surface area contributed by atoms with E-state index in [-0.39, 0.29) is 29.7 Å². The number of amides is 1. The Balaban J connectivity index is 0.00000225. The van der Waals surface area contributed by atoms with Crippen LogP contribution in [-0.2, 0) is 0 Å². The highest BCUT2D eigenvalue weighted by molar-refractivity contribution is 5.92. The van der Waals surface area contributed by atoms with Gasteiger partial charge in [-0.15, -0.1) is 12.4 Å². The molecule has 25 heavy (non-hydrogen) atoms. The Morgan fingerprint density at radius 2 is 2.12 bits per heavy atom. The second-order valence-corrected chi connectivity index (χ2v) is 6.24. The summed E-state index contributed by atoms with van der Waals surface area (Å²) in [6, 6.07) is 7.79. The van der Waals surface area contributed by atoms with E-state index in [0.717, 1.165) is 12.8 Å². The molecule has 9 heteroatoms. The molecule has 1 aliphatic rings. The Bertz CT molecular complexity index is 790. The summed E-state index contributed by atoms with van der Waals surface area (Å²) in [6.07, 6.45) is 3.64. The summed E-state index contributed by atoms with van der Waals surface area (Å²) in [6.45, 7) is 2.29. The van der Waals surface area contributed by atoms with Crippen molar-refractivity contribution >= 4 is 24.0 Å². The molecule has 1 fully saturated rings. The Morgan fingerprint density at radius 3 is 2.72 bits per heavy atom. The first-order valence-corrected chi connectivity index (χ1v) is 7.76. The number of carbonyl (C=O) groups excluding carboxylic acids is 1. The van der Waals surface area contributed by atoms with Crippen LogP contribution in [0.5, 0.6) is 0 Å². The normalized spacial score (nSPS) is 15.8. The van der Waals surface area contributed by atoms with Gasteiger partial charge in [-0.2, -0.15) is 5.10 Å². The van der Waals surface area contributed by atoms with Crippen LogP contribution in [0, 0.1) is 16.0 Å². The van der Waals surface area contributed by atoms with Gasteiger partial charge < -0.3 is 11.1 Å². The molecule has 0 bridgehead atoms. The lowest BCUT2D eigenvalue weighted by molar-refractivity contribution is -0.384. The fourth-order valence-electron chi connectivity index (χ4n) is 2.76. The van der Waals surface area contributed by atoms with Gasteiger partial charge in [0, 0.05) is 18.8 Å². The second-order valence-electron chi connectivity index (χ2n) is 6.24. The van der Waals surface area contributed by atoms with Crippen LogP contribution in [0.3, 0.4) is 0 Å². The number of benzene rings is 1. The quantitative estimate of drug-likeness (QED) is 0.600. The minimum absolute atomic E-state index is 0. The van der Waals surface area contributed by atoms with Crippen LogP contribution < -0.4 is 11.1 Å². The Labute approximate surface area is 151 Å². The number of nitrogens with zero attached hydrogens (tertiary/aromatic N) is 3. The Morgan fingerprint density at radius 1 is 1.44 bits per heavy atom. The van der Waals surface area contributed by atoms with E-state index >= 15 is 0 Å². The van der Waals surface area contributed by atoms with E-state index in [4.69, 9.17) is 5.73 Å².